The van der Waals surface area contributed by atoms with Gasteiger partial charge in [-0.05, 0) is 33.5 Å². The van der Waals surface area contributed by atoms with Gasteiger partial charge in [0, 0.05) is 32.6 Å². The number of amides is 1. The third-order valence-corrected chi connectivity index (χ3v) is 5.26. The lowest BCUT2D eigenvalue weighted by molar-refractivity contribution is -0.135. The summed E-state index contributed by atoms with van der Waals surface area (Å²) in [5.41, 5.74) is 2.78. The second-order valence-corrected chi connectivity index (χ2v) is 6.97. The summed E-state index contributed by atoms with van der Waals surface area (Å²) in [6, 6.07) is 18.7. The van der Waals surface area contributed by atoms with Crippen LogP contribution in [0, 0.1) is 0 Å². The van der Waals surface area contributed by atoms with Crippen LogP contribution in [-0.4, -0.2) is 45.9 Å². The van der Waals surface area contributed by atoms with E-state index in [-0.39, 0.29) is 5.91 Å². The van der Waals surface area contributed by atoms with Crippen molar-refractivity contribution >= 4 is 5.91 Å². The number of benzene rings is 2. The lowest BCUT2D eigenvalue weighted by Crippen LogP contribution is -2.52. The van der Waals surface area contributed by atoms with Crippen LogP contribution in [0.4, 0.5) is 0 Å². The third kappa shape index (κ3) is 3.80. The topological polar surface area (TPSA) is 81.9 Å². The van der Waals surface area contributed by atoms with Gasteiger partial charge in [0.15, 0.2) is 0 Å². The Labute approximate surface area is 163 Å². The number of carbonyl (C=O) groups is 1. The van der Waals surface area contributed by atoms with Crippen molar-refractivity contribution < 1.29 is 9.53 Å². The predicted molar refractivity (Wildman–Crippen MR) is 104 cm³/mol. The van der Waals surface area contributed by atoms with E-state index < -0.39 is 5.54 Å². The number of rotatable bonds is 6. The SMILES string of the molecule is O=C(NCCc1cccc(-c2ccccc2)c1)C1(n2cnnn2)CCOCC1. The molecule has 7 heteroatoms. The highest BCUT2D eigenvalue weighted by atomic mass is 16.5. The molecule has 2 aromatic carbocycles. The standard InChI is InChI=1S/C21H23N5O2/c27-20(21(10-13-28-14-11-21)26-16-23-24-25-26)22-12-9-17-5-4-8-19(15-17)18-6-2-1-3-7-18/h1-8,15-16H,9-14H2,(H,22,27). The molecule has 1 saturated heterocycles. The second kappa shape index (κ2) is 8.31. The molecular weight excluding hydrogens is 354 g/mol. The Bertz CT molecular complexity index is 906. The molecule has 1 aliphatic rings. The molecule has 4 rings (SSSR count). The maximum Gasteiger partial charge on any atom is 0.248 e. The van der Waals surface area contributed by atoms with E-state index in [1.54, 1.807) is 4.68 Å². The minimum Gasteiger partial charge on any atom is -0.381 e. The van der Waals surface area contributed by atoms with Crippen LogP contribution in [0.5, 0.6) is 0 Å². The molecule has 0 unspecified atom stereocenters. The van der Waals surface area contributed by atoms with Crippen molar-refractivity contribution in [3.05, 3.63) is 66.5 Å². The summed E-state index contributed by atoms with van der Waals surface area (Å²) in [5, 5.41) is 14.5. The van der Waals surface area contributed by atoms with E-state index >= 15 is 0 Å². The molecule has 3 aromatic rings. The van der Waals surface area contributed by atoms with E-state index in [1.807, 2.05) is 18.2 Å². The van der Waals surface area contributed by atoms with E-state index in [0.717, 1.165) is 6.42 Å². The minimum absolute atomic E-state index is 0.0534. The maximum absolute atomic E-state index is 13.0. The molecule has 28 heavy (non-hydrogen) atoms. The van der Waals surface area contributed by atoms with Crippen LogP contribution in [0.25, 0.3) is 11.1 Å². The summed E-state index contributed by atoms with van der Waals surface area (Å²) < 4.78 is 7.01. The van der Waals surface area contributed by atoms with E-state index in [4.69, 9.17) is 4.74 Å². The predicted octanol–water partition coefficient (Wildman–Crippen LogP) is 2.20. The molecule has 1 aliphatic heterocycles. The van der Waals surface area contributed by atoms with Crippen LogP contribution in [0.15, 0.2) is 60.9 Å². The van der Waals surface area contributed by atoms with Crippen molar-refractivity contribution in [2.45, 2.75) is 24.8 Å². The van der Waals surface area contributed by atoms with Gasteiger partial charge in [0.25, 0.3) is 0 Å². The van der Waals surface area contributed by atoms with Crippen molar-refractivity contribution in [3.8, 4) is 11.1 Å². The molecular formula is C21H23N5O2. The van der Waals surface area contributed by atoms with Gasteiger partial charge in [0.05, 0.1) is 0 Å². The monoisotopic (exact) mass is 377 g/mol. The summed E-state index contributed by atoms with van der Waals surface area (Å²) in [7, 11) is 0. The first kappa shape index (κ1) is 18.3. The highest BCUT2D eigenvalue weighted by molar-refractivity contribution is 5.84. The number of hydrogen-bond acceptors (Lipinski definition) is 5. The van der Waals surface area contributed by atoms with Crippen molar-refractivity contribution in [1.82, 2.24) is 25.5 Å². The van der Waals surface area contributed by atoms with Crippen LogP contribution in [0.2, 0.25) is 0 Å². The van der Waals surface area contributed by atoms with Crippen molar-refractivity contribution in [2.75, 3.05) is 19.8 Å². The quantitative estimate of drug-likeness (QED) is 0.712. The lowest BCUT2D eigenvalue weighted by atomic mass is 9.89. The Morgan fingerprint density at radius 3 is 2.61 bits per heavy atom. The fourth-order valence-electron chi connectivity index (χ4n) is 3.65. The van der Waals surface area contributed by atoms with E-state index in [1.165, 1.54) is 23.0 Å². The first-order chi connectivity index (χ1) is 13.8. The summed E-state index contributed by atoms with van der Waals surface area (Å²) in [5.74, 6) is -0.0534. The molecule has 1 amide bonds. The second-order valence-electron chi connectivity index (χ2n) is 6.97. The molecule has 1 N–H and O–H groups in total. The molecule has 0 saturated carbocycles. The number of ether oxygens (including phenoxy) is 1. The molecule has 2 heterocycles. The number of hydrogen-bond donors (Lipinski definition) is 1. The molecule has 0 radical (unpaired) electrons. The Hall–Kier alpha value is -3.06. The number of carbonyl (C=O) groups excluding carboxylic acids is 1. The molecule has 1 fully saturated rings. The van der Waals surface area contributed by atoms with Crippen LogP contribution in [-0.2, 0) is 21.5 Å². The maximum atomic E-state index is 13.0. The fraction of sp³-hybridized carbons (Fsp3) is 0.333. The Balaban J connectivity index is 1.41. The average Bonchev–Trinajstić information content (AvgIpc) is 3.30. The van der Waals surface area contributed by atoms with Gasteiger partial charge in [-0.1, -0.05) is 54.6 Å². The van der Waals surface area contributed by atoms with E-state index in [2.05, 4.69) is 57.2 Å². The Morgan fingerprint density at radius 2 is 1.86 bits per heavy atom. The highest BCUT2D eigenvalue weighted by Crippen LogP contribution is 2.28. The van der Waals surface area contributed by atoms with E-state index in [9.17, 15) is 4.79 Å². The van der Waals surface area contributed by atoms with Gasteiger partial charge in [-0.25, -0.2) is 4.68 Å². The van der Waals surface area contributed by atoms with Crippen molar-refractivity contribution in [2.24, 2.45) is 0 Å². The highest BCUT2D eigenvalue weighted by Gasteiger charge is 2.43. The zero-order valence-corrected chi connectivity index (χ0v) is 15.6. The molecule has 144 valence electrons. The number of aromatic nitrogens is 4. The summed E-state index contributed by atoms with van der Waals surface area (Å²) in [6.07, 6.45) is 3.39. The fourth-order valence-corrected chi connectivity index (χ4v) is 3.65. The zero-order valence-electron chi connectivity index (χ0n) is 15.6. The minimum atomic E-state index is -0.770. The Kier molecular flexibility index (Phi) is 5.43. The van der Waals surface area contributed by atoms with Crippen LogP contribution in [0.1, 0.15) is 18.4 Å². The average molecular weight is 377 g/mol. The number of tetrazole rings is 1. The van der Waals surface area contributed by atoms with Gasteiger partial charge >= 0.3 is 0 Å². The van der Waals surface area contributed by atoms with Gasteiger partial charge in [0.1, 0.15) is 11.9 Å². The smallest absolute Gasteiger partial charge is 0.248 e. The third-order valence-electron chi connectivity index (χ3n) is 5.26. The first-order valence-electron chi connectivity index (χ1n) is 9.52. The lowest BCUT2D eigenvalue weighted by Gasteiger charge is -2.34. The molecule has 0 aliphatic carbocycles. The molecule has 1 aromatic heterocycles. The summed E-state index contributed by atoms with van der Waals surface area (Å²) >= 11 is 0. The van der Waals surface area contributed by atoms with Gasteiger partial charge in [-0.3, -0.25) is 4.79 Å². The number of nitrogens with one attached hydrogen (secondary N) is 1. The largest absolute Gasteiger partial charge is 0.381 e. The molecule has 0 atom stereocenters. The van der Waals surface area contributed by atoms with Gasteiger partial charge in [0.2, 0.25) is 5.91 Å². The molecule has 7 nitrogen and oxygen atoms in total. The normalized spacial score (nSPS) is 15.9. The number of nitrogens with zero attached hydrogens (tertiary/aromatic N) is 4. The van der Waals surface area contributed by atoms with Gasteiger partial charge in [-0.2, -0.15) is 0 Å². The van der Waals surface area contributed by atoms with Crippen LogP contribution < -0.4 is 5.32 Å². The summed E-state index contributed by atoms with van der Waals surface area (Å²) in [6.45, 7) is 1.60. The zero-order chi connectivity index (χ0) is 19.2. The van der Waals surface area contributed by atoms with Crippen molar-refractivity contribution in [3.63, 3.8) is 0 Å². The summed E-state index contributed by atoms with van der Waals surface area (Å²) in [4.78, 5) is 13.0. The van der Waals surface area contributed by atoms with Crippen molar-refractivity contribution in [1.29, 1.82) is 0 Å². The first-order valence-corrected chi connectivity index (χ1v) is 9.52. The van der Waals surface area contributed by atoms with Gasteiger partial charge < -0.3 is 10.1 Å². The van der Waals surface area contributed by atoms with Crippen LogP contribution >= 0.6 is 0 Å². The Morgan fingerprint density at radius 1 is 1.07 bits per heavy atom. The van der Waals surface area contributed by atoms with Gasteiger partial charge in [-0.15, -0.1) is 5.10 Å². The molecule has 0 spiro atoms. The van der Waals surface area contributed by atoms with E-state index in [0.29, 0.717) is 32.6 Å². The molecule has 0 bridgehead atoms. The van der Waals surface area contributed by atoms with Crippen LogP contribution in [0.3, 0.4) is 0 Å².